The first-order chi connectivity index (χ1) is 9.74. The van der Waals surface area contributed by atoms with Crippen LogP contribution in [0.3, 0.4) is 0 Å². The molecule has 1 aliphatic rings. The minimum absolute atomic E-state index is 0.0151. The van der Waals surface area contributed by atoms with Crippen molar-refractivity contribution in [3.05, 3.63) is 21.9 Å². The largest absolute Gasteiger partial charge is 0.349 e. The molecule has 1 fully saturated rings. The van der Waals surface area contributed by atoms with Crippen molar-refractivity contribution < 1.29 is 4.79 Å². The van der Waals surface area contributed by atoms with Crippen LogP contribution in [0, 0.1) is 17.8 Å². The van der Waals surface area contributed by atoms with Crippen molar-refractivity contribution in [1.82, 2.24) is 5.32 Å². The van der Waals surface area contributed by atoms with Gasteiger partial charge < -0.3 is 11.1 Å². The Labute approximate surface area is 124 Å². The van der Waals surface area contributed by atoms with Crippen molar-refractivity contribution in [3.63, 3.8) is 0 Å². The number of rotatable bonds is 3. The molecule has 0 radical (unpaired) electrons. The molecule has 1 aliphatic carbocycles. The number of hydrogen-bond donors (Lipinski definition) is 2. The number of amides is 1. The third kappa shape index (κ3) is 3.84. The molecular formula is C16H22N2OS. The summed E-state index contributed by atoms with van der Waals surface area (Å²) < 4.78 is 0. The Morgan fingerprint density at radius 3 is 2.85 bits per heavy atom. The van der Waals surface area contributed by atoms with Crippen LogP contribution in [0.15, 0.2) is 11.4 Å². The van der Waals surface area contributed by atoms with E-state index in [0.29, 0.717) is 17.5 Å². The zero-order valence-corrected chi connectivity index (χ0v) is 12.8. The van der Waals surface area contributed by atoms with Gasteiger partial charge in [0.1, 0.15) is 4.88 Å². The molecule has 3 nitrogen and oxygen atoms in total. The summed E-state index contributed by atoms with van der Waals surface area (Å²) in [5.74, 6) is 6.63. The molecule has 20 heavy (non-hydrogen) atoms. The molecular weight excluding hydrogens is 268 g/mol. The SMILES string of the molecule is CCC1CCC(NC(=O)c2sccc2C#CCN)CC1. The molecule has 0 bridgehead atoms. The van der Waals surface area contributed by atoms with Gasteiger partial charge in [-0.3, -0.25) is 4.79 Å². The van der Waals surface area contributed by atoms with Gasteiger partial charge in [-0.15, -0.1) is 11.3 Å². The normalized spacial score (nSPS) is 21.9. The summed E-state index contributed by atoms with van der Waals surface area (Å²) in [6.45, 7) is 2.57. The lowest BCUT2D eigenvalue weighted by atomic mass is 9.84. The first-order valence-electron chi connectivity index (χ1n) is 7.31. The first-order valence-corrected chi connectivity index (χ1v) is 8.19. The van der Waals surface area contributed by atoms with E-state index in [-0.39, 0.29) is 5.91 Å². The van der Waals surface area contributed by atoms with Gasteiger partial charge in [0.2, 0.25) is 0 Å². The smallest absolute Gasteiger partial charge is 0.262 e. The van der Waals surface area contributed by atoms with Crippen LogP contribution in [0.25, 0.3) is 0 Å². The van der Waals surface area contributed by atoms with Crippen LogP contribution >= 0.6 is 11.3 Å². The Morgan fingerprint density at radius 1 is 1.45 bits per heavy atom. The molecule has 0 spiro atoms. The predicted octanol–water partition coefficient (Wildman–Crippen LogP) is 2.76. The zero-order chi connectivity index (χ0) is 14.4. The Balaban J connectivity index is 1.94. The van der Waals surface area contributed by atoms with E-state index in [2.05, 4.69) is 24.1 Å². The van der Waals surface area contributed by atoms with Crippen LogP contribution in [0.2, 0.25) is 0 Å². The maximum atomic E-state index is 12.3. The number of carbonyl (C=O) groups is 1. The van der Waals surface area contributed by atoms with Gasteiger partial charge in [0, 0.05) is 11.6 Å². The molecule has 0 atom stereocenters. The summed E-state index contributed by atoms with van der Waals surface area (Å²) in [7, 11) is 0. The highest BCUT2D eigenvalue weighted by molar-refractivity contribution is 7.12. The lowest BCUT2D eigenvalue weighted by Crippen LogP contribution is -2.37. The Kier molecular flexibility index (Phi) is 5.63. The van der Waals surface area contributed by atoms with E-state index in [1.54, 1.807) is 0 Å². The average molecular weight is 290 g/mol. The van der Waals surface area contributed by atoms with Gasteiger partial charge in [-0.1, -0.05) is 25.2 Å². The lowest BCUT2D eigenvalue weighted by Gasteiger charge is -2.28. The summed E-state index contributed by atoms with van der Waals surface area (Å²) in [4.78, 5) is 13.0. The molecule has 1 heterocycles. The van der Waals surface area contributed by atoms with Crippen molar-refractivity contribution in [2.75, 3.05) is 6.54 Å². The van der Waals surface area contributed by atoms with Crippen molar-refractivity contribution >= 4 is 17.2 Å². The highest BCUT2D eigenvalue weighted by Crippen LogP contribution is 2.27. The quantitative estimate of drug-likeness (QED) is 0.841. The number of carbonyl (C=O) groups excluding carboxylic acids is 1. The molecule has 1 amide bonds. The Hall–Kier alpha value is -1.31. The second kappa shape index (κ2) is 7.47. The maximum absolute atomic E-state index is 12.3. The topological polar surface area (TPSA) is 55.1 Å². The first kappa shape index (κ1) is 15.1. The minimum Gasteiger partial charge on any atom is -0.349 e. The molecule has 108 valence electrons. The Morgan fingerprint density at radius 2 is 2.20 bits per heavy atom. The molecule has 0 saturated heterocycles. The highest BCUT2D eigenvalue weighted by atomic mass is 32.1. The molecule has 0 aliphatic heterocycles. The van der Waals surface area contributed by atoms with Crippen LogP contribution in [0.4, 0.5) is 0 Å². The van der Waals surface area contributed by atoms with Gasteiger partial charge in [-0.05, 0) is 43.0 Å². The maximum Gasteiger partial charge on any atom is 0.262 e. The standard InChI is InChI=1S/C16H22N2OS/c1-2-12-5-7-14(8-6-12)18-16(19)15-13(4-3-10-17)9-11-20-15/h9,11-12,14H,2,5-8,10,17H2,1H3,(H,18,19). The predicted molar refractivity (Wildman–Crippen MR) is 83.8 cm³/mol. The van der Waals surface area contributed by atoms with Crippen LogP contribution < -0.4 is 11.1 Å². The fourth-order valence-electron chi connectivity index (χ4n) is 2.70. The van der Waals surface area contributed by atoms with E-state index in [1.165, 1.54) is 30.6 Å². The van der Waals surface area contributed by atoms with E-state index in [0.717, 1.165) is 24.3 Å². The highest BCUT2D eigenvalue weighted by Gasteiger charge is 2.22. The fraction of sp³-hybridized carbons (Fsp3) is 0.562. The Bertz CT molecular complexity index is 504. The third-order valence-electron chi connectivity index (χ3n) is 3.96. The number of hydrogen-bond acceptors (Lipinski definition) is 3. The van der Waals surface area contributed by atoms with E-state index in [1.807, 2.05) is 11.4 Å². The second-order valence-electron chi connectivity index (χ2n) is 5.27. The van der Waals surface area contributed by atoms with Crippen molar-refractivity contribution in [1.29, 1.82) is 0 Å². The molecule has 2 rings (SSSR count). The molecule has 3 N–H and O–H groups in total. The molecule has 4 heteroatoms. The molecule has 1 aromatic heterocycles. The average Bonchev–Trinajstić information content (AvgIpc) is 2.94. The van der Waals surface area contributed by atoms with Gasteiger partial charge in [0.25, 0.3) is 5.91 Å². The molecule has 1 saturated carbocycles. The third-order valence-corrected chi connectivity index (χ3v) is 4.87. The summed E-state index contributed by atoms with van der Waals surface area (Å²) in [5, 5.41) is 5.06. The van der Waals surface area contributed by atoms with E-state index < -0.39 is 0 Å². The minimum atomic E-state index is 0.0151. The van der Waals surface area contributed by atoms with Gasteiger partial charge in [-0.25, -0.2) is 0 Å². The van der Waals surface area contributed by atoms with E-state index >= 15 is 0 Å². The number of thiophene rings is 1. The molecule has 1 aromatic rings. The molecule has 0 unspecified atom stereocenters. The van der Waals surface area contributed by atoms with Crippen molar-refractivity contribution in [2.24, 2.45) is 11.7 Å². The van der Waals surface area contributed by atoms with Crippen LogP contribution in [0.1, 0.15) is 54.3 Å². The summed E-state index contributed by atoms with van der Waals surface area (Å²) in [5.41, 5.74) is 6.17. The summed E-state index contributed by atoms with van der Waals surface area (Å²) in [6, 6.07) is 2.21. The van der Waals surface area contributed by atoms with Crippen LogP contribution in [-0.4, -0.2) is 18.5 Å². The second-order valence-corrected chi connectivity index (χ2v) is 6.18. The fourth-order valence-corrected chi connectivity index (χ4v) is 3.45. The van der Waals surface area contributed by atoms with E-state index in [4.69, 9.17) is 5.73 Å². The summed E-state index contributed by atoms with van der Waals surface area (Å²) in [6.07, 6.45) is 5.90. The zero-order valence-electron chi connectivity index (χ0n) is 11.9. The van der Waals surface area contributed by atoms with Crippen molar-refractivity contribution in [3.8, 4) is 11.8 Å². The lowest BCUT2D eigenvalue weighted by molar-refractivity contribution is 0.0925. The number of nitrogens with two attached hydrogens (primary N) is 1. The van der Waals surface area contributed by atoms with Gasteiger partial charge in [-0.2, -0.15) is 0 Å². The van der Waals surface area contributed by atoms with Gasteiger partial charge in [0.05, 0.1) is 6.54 Å². The number of nitrogens with one attached hydrogen (secondary N) is 1. The van der Waals surface area contributed by atoms with Gasteiger partial charge in [0.15, 0.2) is 0 Å². The van der Waals surface area contributed by atoms with Crippen LogP contribution in [0.5, 0.6) is 0 Å². The van der Waals surface area contributed by atoms with Crippen molar-refractivity contribution in [2.45, 2.75) is 45.1 Å². The van der Waals surface area contributed by atoms with Gasteiger partial charge >= 0.3 is 0 Å². The van der Waals surface area contributed by atoms with E-state index in [9.17, 15) is 4.79 Å². The molecule has 0 aromatic carbocycles. The van der Waals surface area contributed by atoms with Crippen LogP contribution in [-0.2, 0) is 0 Å². The monoisotopic (exact) mass is 290 g/mol. The summed E-state index contributed by atoms with van der Waals surface area (Å²) >= 11 is 1.45.